The number of likely N-dealkylation sites (N-methyl/N-ethyl adjacent to an activating group) is 1. The fraction of sp³-hybridized carbons (Fsp3) is 0.500. The van der Waals surface area contributed by atoms with Gasteiger partial charge in [-0.15, -0.1) is 0 Å². The minimum absolute atomic E-state index is 0.0721. The largest absolute Gasteiger partial charge is 0.397 e. The number of aryl methyl sites for hydroxylation is 1. The Kier molecular flexibility index (Phi) is 11.1. The van der Waals surface area contributed by atoms with Gasteiger partial charge in [0.1, 0.15) is 0 Å². The Balaban J connectivity index is 1.18. The molecule has 0 aliphatic carbocycles. The van der Waals surface area contributed by atoms with Crippen molar-refractivity contribution in [3.8, 4) is 0 Å². The van der Waals surface area contributed by atoms with Crippen LogP contribution in [-0.2, 0) is 11.3 Å². The van der Waals surface area contributed by atoms with E-state index in [1.807, 2.05) is 36.6 Å². The average molecular weight is 614 g/mol. The van der Waals surface area contributed by atoms with Crippen molar-refractivity contribution in [2.24, 2.45) is 10.7 Å². The monoisotopic (exact) mass is 613 g/mol. The Morgan fingerprint density at radius 1 is 1.13 bits per heavy atom. The number of fused-ring (bicyclic) bond motifs is 1. The van der Waals surface area contributed by atoms with Crippen molar-refractivity contribution in [2.45, 2.75) is 71.4 Å². The molecule has 1 amide bonds. The van der Waals surface area contributed by atoms with Crippen LogP contribution in [0.1, 0.15) is 53.7 Å². The zero-order valence-electron chi connectivity index (χ0n) is 27.6. The lowest BCUT2D eigenvalue weighted by atomic mass is 9.98. The molecule has 242 valence electrons. The number of hydrogen-bond donors (Lipinski definition) is 4. The molecule has 4 aliphatic heterocycles. The van der Waals surface area contributed by atoms with E-state index in [-0.39, 0.29) is 24.2 Å². The lowest BCUT2D eigenvalue weighted by Gasteiger charge is -2.32. The normalized spacial score (nSPS) is 26.7. The molecule has 0 saturated carbocycles. The topological polar surface area (TPSA) is 107 Å². The molecule has 2 saturated heterocycles. The van der Waals surface area contributed by atoms with Crippen molar-refractivity contribution < 1.29 is 9.53 Å². The molecule has 2 fully saturated rings. The summed E-state index contributed by atoms with van der Waals surface area (Å²) in [7, 11) is 2.17. The highest BCUT2D eigenvalue weighted by Gasteiger charge is 2.21. The van der Waals surface area contributed by atoms with Crippen LogP contribution in [-0.4, -0.2) is 92.0 Å². The van der Waals surface area contributed by atoms with Gasteiger partial charge in [-0.05, 0) is 100 Å². The van der Waals surface area contributed by atoms with Gasteiger partial charge in [0, 0.05) is 62.8 Å². The number of hydrogen-bond acceptors (Lipinski definition) is 8. The molecule has 9 heteroatoms. The third-order valence-electron chi connectivity index (χ3n) is 9.23. The molecule has 4 aliphatic rings. The van der Waals surface area contributed by atoms with Gasteiger partial charge in [-0.3, -0.25) is 14.7 Å². The first-order valence-electron chi connectivity index (χ1n) is 16.4. The quantitative estimate of drug-likeness (QED) is 0.333. The molecule has 5 rings (SSSR count). The van der Waals surface area contributed by atoms with E-state index >= 15 is 0 Å². The second kappa shape index (κ2) is 15.2. The van der Waals surface area contributed by atoms with Crippen LogP contribution in [0.2, 0.25) is 0 Å². The minimum atomic E-state index is -0.152. The van der Waals surface area contributed by atoms with E-state index in [1.165, 1.54) is 11.1 Å². The van der Waals surface area contributed by atoms with E-state index in [1.54, 1.807) is 0 Å². The zero-order valence-corrected chi connectivity index (χ0v) is 27.6. The molecule has 0 spiro atoms. The summed E-state index contributed by atoms with van der Waals surface area (Å²) in [6.07, 6.45) is 16.7. The summed E-state index contributed by atoms with van der Waals surface area (Å²) < 4.78 is 5.92. The van der Waals surface area contributed by atoms with Crippen LogP contribution >= 0.6 is 0 Å². The van der Waals surface area contributed by atoms with Crippen LogP contribution in [0.25, 0.3) is 0 Å². The molecule has 4 unspecified atom stereocenters. The zero-order chi connectivity index (χ0) is 31.9. The number of allylic oxidation sites excluding steroid dienone is 3. The van der Waals surface area contributed by atoms with Crippen molar-refractivity contribution in [3.05, 3.63) is 94.0 Å². The van der Waals surface area contributed by atoms with Crippen molar-refractivity contribution in [3.63, 3.8) is 0 Å². The average Bonchev–Trinajstić information content (AvgIpc) is 3.02. The molecular formula is C36H51N7O2. The van der Waals surface area contributed by atoms with Crippen LogP contribution in [0.3, 0.4) is 0 Å². The molecule has 0 bridgehead atoms. The Hall–Kier alpha value is -3.50. The molecule has 1 aromatic rings. The highest BCUT2D eigenvalue weighted by molar-refractivity contribution is 6.09. The smallest absolute Gasteiger partial charge is 0.251 e. The molecule has 4 heterocycles. The van der Waals surface area contributed by atoms with Gasteiger partial charge in [0.05, 0.1) is 36.2 Å². The molecule has 9 nitrogen and oxygen atoms in total. The SMILES string of the molecule is Cc1cc(C(=O)NCC2=CC3N=C(/C(N)=C/C=C\C4CCC(C)OC(C)CN4)C=CC3=CN2)cc(CN2CCN(C)CC2)c1C. The summed E-state index contributed by atoms with van der Waals surface area (Å²) in [5.74, 6) is -0.0721. The number of nitrogens with one attached hydrogen (secondary N) is 3. The van der Waals surface area contributed by atoms with Gasteiger partial charge >= 0.3 is 0 Å². The Labute approximate surface area is 269 Å². The van der Waals surface area contributed by atoms with Gasteiger partial charge in [0.2, 0.25) is 0 Å². The molecule has 45 heavy (non-hydrogen) atoms. The molecule has 1 aromatic carbocycles. The Morgan fingerprint density at radius 2 is 1.93 bits per heavy atom. The minimum Gasteiger partial charge on any atom is -0.397 e. The summed E-state index contributed by atoms with van der Waals surface area (Å²) in [4.78, 5) is 23.0. The summed E-state index contributed by atoms with van der Waals surface area (Å²) in [5.41, 5.74) is 14.1. The predicted octanol–water partition coefficient (Wildman–Crippen LogP) is 3.48. The van der Waals surface area contributed by atoms with Crippen molar-refractivity contribution in [1.82, 2.24) is 25.8 Å². The third kappa shape index (κ3) is 9.04. The number of carbonyl (C=O) groups is 1. The molecule has 4 atom stereocenters. The lowest BCUT2D eigenvalue weighted by Crippen LogP contribution is -2.44. The summed E-state index contributed by atoms with van der Waals surface area (Å²) in [5, 5.41) is 10.00. The molecule has 0 radical (unpaired) electrons. The maximum atomic E-state index is 13.3. The molecule has 5 N–H and O–H groups in total. The highest BCUT2D eigenvalue weighted by Crippen LogP contribution is 2.22. The van der Waals surface area contributed by atoms with Crippen LogP contribution < -0.4 is 21.7 Å². The molecule has 0 aromatic heterocycles. The van der Waals surface area contributed by atoms with E-state index in [9.17, 15) is 4.79 Å². The van der Waals surface area contributed by atoms with E-state index in [0.29, 0.717) is 23.8 Å². The number of nitrogens with zero attached hydrogens (tertiary/aromatic N) is 3. The van der Waals surface area contributed by atoms with E-state index in [2.05, 4.69) is 78.7 Å². The first-order chi connectivity index (χ1) is 21.6. The van der Waals surface area contributed by atoms with Gasteiger partial charge in [0.25, 0.3) is 5.91 Å². The first kappa shape index (κ1) is 32.9. The Bertz CT molecular complexity index is 1400. The predicted molar refractivity (Wildman–Crippen MR) is 183 cm³/mol. The summed E-state index contributed by atoms with van der Waals surface area (Å²) in [6.45, 7) is 14.8. The molecular weight excluding hydrogens is 562 g/mol. The van der Waals surface area contributed by atoms with Crippen LogP contribution in [0.5, 0.6) is 0 Å². The number of piperazine rings is 1. The van der Waals surface area contributed by atoms with E-state index in [4.69, 9.17) is 15.5 Å². The van der Waals surface area contributed by atoms with Gasteiger partial charge in [-0.1, -0.05) is 18.2 Å². The first-order valence-corrected chi connectivity index (χ1v) is 16.4. The van der Waals surface area contributed by atoms with Gasteiger partial charge in [-0.2, -0.15) is 0 Å². The van der Waals surface area contributed by atoms with Crippen LogP contribution in [0, 0.1) is 13.8 Å². The number of ether oxygens (including phenoxy) is 1. The van der Waals surface area contributed by atoms with Gasteiger partial charge < -0.3 is 31.3 Å². The third-order valence-corrected chi connectivity index (χ3v) is 9.23. The number of carbonyl (C=O) groups excluding carboxylic acids is 1. The fourth-order valence-corrected chi connectivity index (χ4v) is 6.15. The van der Waals surface area contributed by atoms with Crippen molar-refractivity contribution in [1.29, 1.82) is 0 Å². The Morgan fingerprint density at radius 3 is 2.73 bits per heavy atom. The number of benzene rings is 1. The van der Waals surface area contributed by atoms with Gasteiger partial charge in [0.15, 0.2) is 0 Å². The van der Waals surface area contributed by atoms with E-state index in [0.717, 1.165) is 74.7 Å². The number of nitrogens with two attached hydrogens (primary N) is 1. The standard InChI is InChI=1S/C36H51N7O2/c1-24-17-29(18-30(27(24)4)23-43-15-13-42(5)14-16-43)36(44)40-22-32-19-35-28(21-39-32)10-12-34(41-35)33(37)8-6-7-31-11-9-25(2)45-26(3)20-38-31/h6-8,10,12,17-19,21,25-26,31,35,38-39H,9,11,13-16,20,22-23,37H2,1-5H3,(H,40,44)/b7-6-,33-8-. The number of rotatable bonds is 8. The second-order valence-electron chi connectivity index (χ2n) is 13.0. The highest BCUT2D eigenvalue weighted by atomic mass is 16.5. The number of amides is 1. The van der Waals surface area contributed by atoms with Crippen molar-refractivity contribution in [2.75, 3.05) is 46.3 Å². The lowest BCUT2D eigenvalue weighted by molar-refractivity contribution is -0.00571. The van der Waals surface area contributed by atoms with Gasteiger partial charge in [-0.25, -0.2) is 0 Å². The van der Waals surface area contributed by atoms with Crippen molar-refractivity contribution >= 4 is 11.6 Å². The fourth-order valence-electron chi connectivity index (χ4n) is 6.15. The number of aliphatic imine (C=N–C) groups is 1. The maximum Gasteiger partial charge on any atom is 0.251 e. The second-order valence-corrected chi connectivity index (χ2v) is 13.0. The maximum absolute atomic E-state index is 13.3. The number of dihydropyridines is 2. The van der Waals surface area contributed by atoms with Crippen LogP contribution in [0.4, 0.5) is 0 Å². The van der Waals surface area contributed by atoms with E-state index < -0.39 is 0 Å². The summed E-state index contributed by atoms with van der Waals surface area (Å²) >= 11 is 0. The van der Waals surface area contributed by atoms with Crippen LogP contribution in [0.15, 0.2) is 76.7 Å². The summed E-state index contributed by atoms with van der Waals surface area (Å²) in [6, 6.07) is 4.19.